The van der Waals surface area contributed by atoms with Crippen LogP contribution in [0.3, 0.4) is 0 Å². The Balaban J connectivity index is 1.85. The number of hydrogen-bond donors (Lipinski definition) is 1. The number of aromatic amines is 1. The van der Waals surface area contributed by atoms with Crippen molar-refractivity contribution in [2.75, 3.05) is 13.7 Å². The number of hydrogen-bond acceptors (Lipinski definition) is 5. The van der Waals surface area contributed by atoms with E-state index in [9.17, 15) is 4.79 Å². The van der Waals surface area contributed by atoms with E-state index >= 15 is 0 Å². The van der Waals surface area contributed by atoms with Gasteiger partial charge in [-0.05, 0) is 13.8 Å². The Bertz CT molecular complexity index is 636. The zero-order valence-corrected chi connectivity index (χ0v) is 12.9. The molecule has 0 aromatic carbocycles. The van der Waals surface area contributed by atoms with E-state index in [1.54, 1.807) is 24.5 Å². The summed E-state index contributed by atoms with van der Waals surface area (Å²) < 4.78 is 7.33. The van der Waals surface area contributed by atoms with E-state index in [1.807, 2.05) is 18.4 Å². The molecule has 22 heavy (non-hydrogen) atoms. The first-order valence-electron chi connectivity index (χ1n) is 7.32. The van der Waals surface area contributed by atoms with Crippen molar-refractivity contribution >= 4 is 5.91 Å². The number of rotatable bonds is 4. The largest absolute Gasteiger partial charge is 0.380 e. The second kappa shape index (κ2) is 5.88. The number of methoxy groups -OCH3 is 1. The molecule has 3 heterocycles. The number of amides is 1. The highest BCUT2D eigenvalue weighted by atomic mass is 16.5. The second-order valence-electron chi connectivity index (χ2n) is 5.74. The average Bonchev–Trinajstić information content (AvgIpc) is 3.24. The van der Waals surface area contributed by atoms with E-state index in [1.165, 1.54) is 6.33 Å². The van der Waals surface area contributed by atoms with Crippen LogP contribution in [-0.4, -0.2) is 55.3 Å². The number of likely N-dealkylation sites (tertiary alicyclic amines) is 1. The van der Waals surface area contributed by atoms with E-state index in [4.69, 9.17) is 4.74 Å². The van der Waals surface area contributed by atoms with Crippen LogP contribution in [0.1, 0.15) is 48.7 Å². The first-order chi connectivity index (χ1) is 10.6. The van der Waals surface area contributed by atoms with Crippen molar-refractivity contribution in [1.29, 1.82) is 0 Å². The van der Waals surface area contributed by atoms with Gasteiger partial charge >= 0.3 is 0 Å². The first kappa shape index (κ1) is 14.7. The normalized spacial score (nSPS) is 21.7. The lowest BCUT2D eigenvalue weighted by Gasteiger charge is -2.21. The molecule has 0 saturated carbocycles. The smallest absolute Gasteiger partial charge is 0.274 e. The van der Waals surface area contributed by atoms with Crippen LogP contribution in [0.2, 0.25) is 0 Å². The summed E-state index contributed by atoms with van der Waals surface area (Å²) in [6.45, 7) is 4.61. The standard InChI is InChI=1S/C14H20N6O2/c1-9(2)19-6-11(16-8-19)14(21)20-5-10(22-3)4-12(20)13-15-7-17-18-13/h6-10,12H,4-5H2,1-3H3,(H,15,17,18)/t10-,12+/m1/s1. The topological polar surface area (TPSA) is 88.9 Å². The van der Waals surface area contributed by atoms with Crippen LogP contribution < -0.4 is 0 Å². The zero-order chi connectivity index (χ0) is 15.7. The predicted molar refractivity (Wildman–Crippen MR) is 78.2 cm³/mol. The summed E-state index contributed by atoms with van der Waals surface area (Å²) in [6.07, 6.45) is 5.61. The predicted octanol–water partition coefficient (Wildman–Crippen LogP) is 1.18. The summed E-state index contributed by atoms with van der Waals surface area (Å²) >= 11 is 0. The number of aromatic nitrogens is 5. The maximum atomic E-state index is 12.8. The Kier molecular flexibility index (Phi) is 3.93. The van der Waals surface area contributed by atoms with Gasteiger partial charge < -0.3 is 14.2 Å². The Morgan fingerprint density at radius 1 is 1.45 bits per heavy atom. The molecule has 118 valence electrons. The third-order valence-corrected chi connectivity index (χ3v) is 4.02. The lowest BCUT2D eigenvalue weighted by Crippen LogP contribution is -2.32. The molecule has 0 unspecified atom stereocenters. The van der Waals surface area contributed by atoms with Crippen LogP contribution in [0, 0.1) is 0 Å². The van der Waals surface area contributed by atoms with Gasteiger partial charge in [-0.3, -0.25) is 9.89 Å². The van der Waals surface area contributed by atoms with Gasteiger partial charge in [-0.25, -0.2) is 9.97 Å². The van der Waals surface area contributed by atoms with Gasteiger partial charge in [-0.2, -0.15) is 5.10 Å². The molecule has 1 amide bonds. The molecule has 0 aliphatic carbocycles. The third kappa shape index (κ3) is 2.61. The fraction of sp³-hybridized carbons (Fsp3) is 0.571. The van der Waals surface area contributed by atoms with Gasteiger partial charge in [0.1, 0.15) is 17.8 Å². The molecule has 1 aliphatic heterocycles. The fourth-order valence-electron chi connectivity index (χ4n) is 2.70. The maximum Gasteiger partial charge on any atom is 0.274 e. The van der Waals surface area contributed by atoms with Crippen molar-refractivity contribution in [3.63, 3.8) is 0 Å². The zero-order valence-electron chi connectivity index (χ0n) is 12.9. The number of carbonyl (C=O) groups excluding carboxylic acids is 1. The van der Waals surface area contributed by atoms with Crippen molar-refractivity contribution in [3.8, 4) is 0 Å². The minimum atomic E-state index is -0.163. The summed E-state index contributed by atoms with van der Waals surface area (Å²) in [7, 11) is 1.66. The molecular formula is C14H20N6O2. The number of nitrogens with one attached hydrogen (secondary N) is 1. The number of ether oxygens (including phenoxy) is 1. The van der Waals surface area contributed by atoms with Crippen LogP contribution in [-0.2, 0) is 4.74 Å². The summed E-state index contributed by atoms with van der Waals surface area (Å²) in [5, 5.41) is 6.72. The Morgan fingerprint density at radius 3 is 2.86 bits per heavy atom. The number of imidazole rings is 1. The van der Waals surface area contributed by atoms with Crippen LogP contribution in [0.4, 0.5) is 0 Å². The van der Waals surface area contributed by atoms with E-state index in [2.05, 4.69) is 20.2 Å². The quantitative estimate of drug-likeness (QED) is 0.916. The van der Waals surface area contributed by atoms with Crippen molar-refractivity contribution in [3.05, 3.63) is 30.4 Å². The molecular weight excluding hydrogens is 284 g/mol. The van der Waals surface area contributed by atoms with Gasteiger partial charge in [0, 0.05) is 32.3 Å². The van der Waals surface area contributed by atoms with Gasteiger partial charge in [0.2, 0.25) is 0 Å². The molecule has 0 bridgehead atoms. The van der Waals surface area contributed by atoms with Gasteiger partial charge in [-0.15, -0.1) is 0 Å². The lowest BCUT2D eigenvalue weighted by molar-refractivity contribution is 0.0679. The molecule has 0 radical (unpaired) electrons. The van der Waals surface area contributed by atoms with E-state index in [0.717, 1.165) is 0 Å². The molecule has 0 spiro atoms. The van der Waals surface area contributed by atoms with Crippen molar-refractivity contribution in [2.45, 2.75) is 38.5 Å². The van der Waals surface area contributed by atoms with E-state index < -0.39 is 0 Å². The monoisotopic (exact) mass is 304 g/mol. The van der Waals surface area contributed by atoms with Gasteiger partial charge in [0.25, 0.3) is 5.91 Å². The fourth-order valence-corrected chi connectivity index (χ4v) is 2.70. The highest BCUT2D eigenvalue weighted by Crippen LogP contribution is 2.32. The summed E-state index contributed by atoms with van der Waals surface area (Å²) in [5.41, 5.74) is 0.440. The minimum absolute atomic E-state index is 0.00812. The Hall–Kier alpha value is -2.22. The first-order valence-corrected chi connectivity index (χ1v) is 7.32. The molecule has 1 saturated heterocycles. The van der Waals surface area contributed by atoms with Crippen LogP contribution in [0.5, 0.6) is 0 Å². The molecule has 2 aromatic rings. The third-order valence-electron chi connectivity index (χ3n) is 4.02. The molecule has 2 atom stereocenters. The van der Waals surface area contributed by atoms with Crippen LogP contribution in [0.25, 0.3) is 0 Å². The van der Waals surface area contributed by atoms with E-state index in [0.29, 0.717) is 24.5 Å². The SMILES string of the molecule is CO[C@@H]1C[C@@H](c2ncn[nH]2)N(C(=O)c2cn(C(C)C)cn2)C1. The van der Waals surface area contributed by atoms with Crippen molar-refractivity contribution in [2.24, 2.45) is 0 Å². The van der Waals surface area contributed by atoms with Gasteiger partial charge in [-0.1, -0.05) is 0 Å². The average molecular weight is 304 g/mol. The second-order valence-corrected chi connectivity index (χ2v) is 5.74. The molecule has 1 N–H and O–H groups in total. The molecule has 1 fully saturated rings. The lowest BCUT2D eigenvalue weighted by atomic mass is 10.2. The molecule has 2 aromatic heterocycles. The molecule has 8 heteroatoms. The summed E-state index contributed by atoms with van der Waals surface area (Å²) in [4.78, 5) is 23.0. The van der Waals surface area contributed by atoms with E-state index in [-0.39, 0.29) is 24.1 Å². The van der Waals surface area contributed by atoms with Crippen LogP contribution >= 0.6 is 0 Å². The minimum Gasteiger partial charge on any atom is -0.380 e. The number of nitrogens with zero attached hydrogens (tertiary/aromatic N) is 5. The Morgan fingerprint density at radius 2 is 2.27 bits per heavy atom. The maximum absolute atomic E-state index is 12.8. The Labute approximate surface area is 128 Å². The summed E-state index contributed by atoms with van der Waals surface area (Å²) in [5.74, 6) is 0.566. The number of carbonyl (C=O) groups is 1. The molecule has 8 nitrogen and oxygen atoms in total. The van der Waals surface area contributed by atoms with Crippen LogP contribution in [0.15, 0.2) is 18.9 Å². The van der Waals surface area contributed by atoms with Crippen molar-refractivity contribution in [1.82, 2.24) is 29.6 Å². The molecule has 3 rings (SSSR count). The highest BCUT2D eigenvalue weighted by molar-refractivity contribution is 5.92. The summed E-state index contributed by atoms with van der Waals surface area (Å²) in [6, 6.07) is 0.105. The van der Waals surface area contributed by atoms with Crippen molar-refractivity contribution < 1.29 is 9.53 Å². The number of H-pyrrole nitrogens is 1. The van der Waals surface area contributed by atoms with Gasteiger partial charge in [0.15, 0.2) is 0 Å². The highest BCUT2D eigenvalue weighted by Gasteiger charge is 2.39. The molecule has 1 aliphatic rings. The van der Waals surface area contributed by atoms with Gasteiger partial charge in [0.05, 0.1) is 18.5 Å².